The standard InChI is InChI=1S/C25H36N4O2S/c1-2-3-4-5-6-7-8-9-13-18-22(30)29-19-14-17-21(29)23(31)26-25-28-27-24(32-25)20-15-11-10-12-16-20/h10-12,15-16,21H,2-9,13-14,17-19H2,1H3,(H,26,28,31). The van der Waals surface area contributed by atoms with Gasteiger partial charge in [-0.1, -0.05) is 100.0 Å². The van der Waals surface area contributed by atoms with Crippen LogP contribution in [0.2, 0.25) is 0 Å². The van der Waals surface area contributed by atoms with Crippen molar-refractivity contribution in [2.75, 3.05) is 11.9 Å². The number of carbonyl (C=O) groups excluding carboxylic acids is 2. The Balaban J connectivity index is 1.39. The second kappa shape index (κ2) is 13.3. The second-order valence-electron chi connectivity index (χ2n) is 8.59. The molecule has 1 saturated heterocycles. The number of likely N-dealkylation sites (tertiary alicyclic amines) is 1. The average molecular weight is 457 g/mol. The molecule has 2 amide bonds. The lowest BCUT2D eigenvalue weighted by Gasteiger charge is -2.23. The van der Waals surface area contributed by atoms with Gasteiger partial charge in [-0.25, -0.2) is 0 Å². The summed E-state index contributed by atoms with van der Waals surface area (Å²) in [4.78, 5) is 27.3. The SMILES string of the molecule is CCCCCCCCCCCC(=O)N1CCCC1C(=O)Nc1nnc(-c2ccccc2)s1. The van der Waals surface area contributed by atoms with Gasteiger partial charge in [0.1, 0.15) is 11.0 Å². The number of carbonyl (C=O) groups is 2. The number of amides is 2. The van der Waals surface area contributed by atoms with E-state index in [9.17, 15) is 9.59 Å². The van der Waals surface area contributed by atoms with Crippen LogP contribution < -0.4 is 5.32 Å². The Morgan fingerprint density at radius 2 is 1.69 bits per heavy atom. The summed E-state index contributed by atoms with van der Waals surface area (Å²) < 4.78 is 0. The van der Waals surface area contributed by atoms with E-state index in [1.54, 1.807) is 4.90 Å². The zero-order valence-corrected chi connectivity index (χ0v) is 20.0. The maximum Gasteiger partial charge on any atom is 0.249 e. The molecule has 0 radical (unpaired) electrons. The smallest absolute Gasteiger partial charge is 0.249 e. The molecular weight excluding hydrogens is 420 g/mol. The van der Waals surface area contributed by atoms with Crippen molar-refractivity contribution in [3.8, 4) is 10.6 Å². The summed E-state index contributed by atoms with van der Waals surface area (Å²) in [5, 5.41) is 12.4. The van der Waals surface area contributed by atoms with Gasteiger partial charge in [0, 0.05) is 18.5 Å². The number of nitrogens with zero attached hydrogens (tertiary/aromatic N) is 3. The lowest BCUT2D eigenvalue weighted by Crippen LogP contribution is -2.43. The van der Waals surface area contributed by atoms with Crippen molar-refractivity contribution in [3.63, 3.8) is 0 Å². The van der Waals surface area contributed by atoms with Crippen molar-refractivity contribution in [1.82, 2.24) is 15.1 Å². The van der Waals surface area contributed by atoms with Crippen molar-refractivity contribution in [3.05, 3.63) is 30.3 Å². The summed E-state index contributed by atoms with van der Waals surface area (Å²) >= 11 is 1.35. The molecule has 2 aromatic rings. The van der Waals surface area contributed by atoms with Crippen LogP contribution >= 0.6 is 11.3 Å². The molecule has 1 aliphatic heterocycles. The highest BCUT2D eigenvalue weighted by Gasteiger charge is 2.34. The van der Waals surface area contributed by atoms with Gasteiger partial charge in [-0.15, -0.1) is 10.2 Å². The first-order valence-corrected chi connectivity index (χ1v) is 13.0. The predicted octanol–water partition coefficient (Wildman–Crippen LogP) is 6.06. The molecule has 1 fully saturated rings. The second-order valence-corrected chi connectivity index (χ2v) is 9.57. The third kappa shape index (κ3) is 7.40. The molecule has 1 aliphatic rings. The van der Waals surface area contributed by atoms with Gasteiger partial charge in [-0.3, -0.25) is 14.9 Å². The topological polar surface area (TPSA) is 75.2 Å². The summed E-state index contributed by atoms with van der Waals surface area (Å²) in [7, 11) is 0. The monoisotopic (exact) mass is 456 g/mol. The van der Waals surface area contributed by atoms with E-state index in [2.05, 4.69) is 22.4 Å². The van der Waals surface area contributed by atoms with Crippen molar-refractivity contribution in [1.29, 1.82) is 0 Å². The molecule has 7 heteroatoms. The Labute approximate surface area is 195 Å². The zero-order chi connectivity index (χ0) is 22.6. The van der Waals surface area contributed by atoms with Crippen LogP contribution in [0, 0.1) is 0 Å². The molecule has 1 aromatic heterocycles. The van der Waals surface area contributed by atoms with Gasteiger partial charge in [0.05, 0.1) is 0 Å². The van der Waals surface area contributed by atoms with Crippen molar-refractivity contribution >= 4 is 28.3 Å². The van der Waals surface area contributed by atoms with Crippen LogP contribution in [0.3, 0.4) is 0 Å². The number of hydrogen-bond acceptors (Lipinski definition) is 5. The number of aromatic nitrogens is 2. The summed E-state index contributed by atoms with van der Waals surface area (Å²) in [6, 6.07) is 9.39. The third-order valence-corrected chi connectivity index (χ3v) is 6.93. The molecule has 0 aliphatic carbocycles. The highest BCUT2D eigenvalue weighted by molar-refractivity contribution is 7.18. The number of rotatable bonds is 13. The highest BCUT2D eigenvalue weighted by Crippen LogP contribution is 2.27. The molecule has 1 unspecified atom stereocenters. The Kier molecular flexibility index (Phi) is 10.1. The normalized spacial score (nSPS) is 15.8. The van der Waals surface area contributed by atoms with Crippen LogP contribution in [-0.4, -0.2) is 39.5 Å². The van der Waals surface area contributed by atoms with E-state index in [1.807, 2.05) is 30.3 Å². The van der Waals surface area contributed by atoms with Gasteiger partial charge < -0.3 is 4.90 Å². The summed E-state index contributed by atoms with van der Waals surface area (Å²) in [6.07, 6.45) is 13.2. The molecule has 6 nitrogen and oxygen atoms in total. The summed E-state index contributed by atoms with van der Waals surface area (Å²) in [5.74, 6) is -0.0495. The molecule has 0 bridgehead atoms. The van der Waals surface area contributed by atoms with E-state index in [0.717, 1.165) is 29.8 Å². The number of nitrogens with one attached hydrogen (secondary N) is 1. The minimum absolute atomic E-state index is 0.104. The van der Waals surface area contributed by atoms with E-state index in [4.69, 9.17) is 0 Å². The highest BCUT2D eigenvalue weighted by atomic mass is 32.1. The zero-order valence-electron chi connectivity index (χ0n) is 19.2. The lowest BCUT2D eigenvalue weighted by molar-refractivity contribution is -0.136. The third-order valence-electron chi connectivity index (χ3n) is 6.05. The quantitative estimate of drug-likeness (QED) is 0.372. The fourth-order valence-corrected chi connectivity index (χ4v) is 4.98. The lowest BCUT2D eigenvalue weighted by atomic mass is 10.1. The molecule has 32 heavy (non-hydrogen) atoms. The molecule has 174 valence electrons. The predicted molar refractivity (Wildman–Crippen MR) is 131 cm³/mol. The molecule has 0 saturated carbocycles. The fourth-order valence-electron chi connectivity index (χ4n) is 4.23. The van der Waals surface area contributed by atoms with Gasteiger partial charge in [0.2, 0.25) is 16.9 Å². The Hall–Kier alpha value is -2.28. The fraction of sp³-hybridized carbons (Fsp3) is 0.600. The summed E-state index contributed by atoms with van der Waals surface area (Å²) in [5.41, 5.74) is 0.976. The van der Waals surface area contributed by atoms with Crippen LogP contribution in [0.15, 0.2) is 30.3 Å². The minimum atomic E-state index is -0.398. The number of anilines is 1. The van der Waals surface area contributed by atoms with Gasteiger partial charge >= 0.3 is 0 Å². The molecule has 0 spiro atoms. The molecule has 1 N–H and O–H groups in total. The maximum atomic E-state index is 12.8. The number of hydrogen-bond donors (Lipinski definition) is 1. The molecular formula is C25H36N4O2S. The van der Waals surface area contributed by atoms with E-state index < -0.39 is 6.04 Å². The Bertz CT molecular complexity index is 839. The Morgan fingerprint density at radius 3 is 2.41 bits per heavy atom. The van der Waals surface area contributed by atoms with Crippen LogP contribution in [0.4, 0.5) is 5.13 Å². The summed E-state index contributed by atoms with van der Waals surface area (Å²) in [6.45, 7) is 2.91. The number of benzene rings is 1. The van der Waals surface area contributed by atoms with Crippen LogP contribution in [0.25, 0.3) is 10.6 Å². The average Bonchev–Trinajstić information content (AvgIpc) is 3.48. The molecule has 2 heterocycles. The van der Waals surface area contributed by atoms with Crippen LogP contribution in [0.5, 0.6) is 0 Å². The molecule has 1 atom stereocenters. The van der Waals surface area contributed by atoms with Gasteiger partial charge in [0.25, 0.3) is 0 Å². The maximum absolute atomic E-state index is 12.8. The van der Waals surface area contributed by atoms with Crippen molar-refractivity contribution in [2.24, 2.45) is 0 Å². The first kappa shape index (κ1) is 24.4. The van der Waals surface area contributed by atoms with Crippen LogP contribution in [-0.2, 0) is 9.59 Å². The van der Waals surface area contributed by atoms with Gasteiger partial charge in [-0.05, 0) is 19.3 Å². The first-order chi connectivity index (χ1) is 15.7. The van der Waals surface area contributed by atoms with Crippen molar-refractivity contribution < 1.29 is 9.59 Å². The molecule has 1 aromatic carbocycles. The van der Waals surface area contributed by atoms with Crippen LogP contribution in [0.1, 0.15) is 84.0 Å². The van der Waals surface area contributed by atoms with Crippen molar-refractivity contribution in [2.45, 2.75) is 90.0 Å². The Morgan fingerprint density at radius 1 is 1.00 bits per heavy atom. The first-order valence-electron chi connectivity index (χ1n) is 12.2. The minimum Gasteiger partial charge on any atom is -0.331 e. The van der Waals surface area contributed by atoms with E-state index in [0.29, 0.717) is 24.5 Å². The number of unbranched alkanes of at least 4 members (excludes halogenated alkanes) is 8. The van der Waals surface area contributed by atoms with E-state index in [1.165, 1.54) is 56.3 Å². The van der Waals surface area contributed by atoms with Gasteiger partial charge in [-0.2, -0.15) is 0 Å². The van der Waals surface area contributed by atoms with E-state index >= 15 is 0 Å². The molecule has 3 rings (SSSR count). The van der Waals surface area contributed by atoms with E-state index in [-0.39, 0.29) is 11.8 Å². The van der Waals surface area contributed by atoms with Gasteiger partial charge in [0.15, 0.2) is 0 Å². The largest absolute Gasteiger partial charge is 0.331 e.